The van der Waals surface area contributed by atoms with Crippen molar-refractivity contribution in [3.63, 3.8) is 0 Å². The number of hydrogen-bond acceptors (Lipinski definition) is 7. The molecule has 2 N–H and O–H groups in total. The number of fused-ring (bicyclic) bond motifs is 1. The average Bonchev–Trinajstić information content (AvgIpc) is 2.99. The van der Waals surface area contributed by atoms with E-state index in [1.54, 1.807) is 24.4 Å². The molecule has 11 heteroatoms. The normalized spacial score (nSPS) is 21.1. The predicted molar refractivity (Wildman–Crippen MR) is 101 cm³/mol. The second-order valence-electron chi connectivity index (χ2n) is 6.70. The summed E-state index contributed by atoms with van der Waals surface area (Å²) >= 11 is 0. The van der Waals surface area contributed by atoms with Crippen LogP contribution in [0.2, 0.25) is 0 Å². The van der Waals surface area contributed by atoms with Gasteiger partial charge < -0.3 is 10.4 Å². The van der Waals surface area contributed by atoms with E-state index in [9.17, 15) is 17.9 Å². The van der Waals surface area contributed by atoms with Crippen molar-refractivity contribution in [2.75, 3.05) is 24.7 Å². The first-order chi connectivity index (χ1) is 13.3. The first-order valence-corrected chi connectivity index (χ1v) is 10.5. The number of β-amino-alcohol motifs (C(OH)–C–C–N with tert-alkyl or cyclic N) is 1. The van der Waals surface area contributed by atoms with Gasteiger partial charge in [0.25, 0.3) is 0 Å². The van der Waals surface area contributed by atoms with E-state index in [0.29, 0.717) is 17.8 Å². The molecule has 1 aliphatic rings. The van der Waals surface area contributed by atoms with Crippen LogP contribution in [-0.4, -0.2) is 68.9 Å². The molecule has 3 aromatic rings. The highest BCUT2D eigenvalue weighted by Crippen LogP contribution is 2.24. The number of anilines is 1. The quantitative estimate of drug-likeness (QED) is 0.657. The fourth-order valence-corrected chi connectivity index (χ4v) is 4.11. The zero-order valence-corrected chi connectivity index (χ0v) is 15.8. The van der Waals surface area contributed by atoms with Crippen molar-refractivity contribution in [2.45, 2.75) is 18.6 Å². The molecular formula is C17H19FN6O3S. The van der Waals surface area contributed by atoms with Gasteiger partial charge in [-0.05, 0) is 18.6 Å². The van der Waals surface area contributed by atoms with Crippen molar-refractivity contribution in [1.82, 2.24) is 23.9 Å². The summed E-state index contributed by atoms with van der Waals surface area (Å²) in [6, 6.07) is 6.24. The maximum Gasteiger partial charge on any atom is 0.241 e. The highest BCUT2D eigenvalue weighted by molar-refractivity contribution is 7.88. The van der Waals surface area contributed by atoms with E-state index in [1.165, 1.54) is 21.1 Å². The number of aliphatic hydroxyl groups is 1. The molecule has 2 atom stereocenters. The van der Waals surface area contributed by atoms with Crippen molar-refractivity contribution >= 4 is 21.5 Å². The molecule has 0 spiro atoms. The molecule has 28 heavy (non-hydrogen) atoms. The number of sulfonamides is 1. The summed E-state index contributed by atoms with van der Waals surface area (Å²) in [7, 11) is -3.36. The van der Waals surface area contributed by atoms with E-state index < -0.39 is 28.0 Å². The minimum Gasteiger partial charge on any atom is -0.390 e. The van der Waals surface area contributed by atoms with Crippen molar-refractivity contribution in [3.8, 4) is 11.4 Å². The molecule has 4 rings (SSSR count). The van der Waals surface area contributed by atoms with Gasteiger partial charge in [-0.25, -0.2) is 22.3 Å². The number of pyridine rings is 1. The number of halogens is 1. The first-order valence-electron chi connectivity index (χ1n) is 8.68. The Morgan fingerprint density at radius 3 is 2.82 bits per heavy atom. The average molecular weight is 406 g/mol. The molecule has 1 aliphatic heterocycles. The largest absolute Gasteiger partial charge is 0.390 e. The lowest BCUT2D eigenvalue weighted by atomic mass is 10.0. The molecule has 0 saturated carbocycles. The number of aliphatic hydroxyl groups excluding tert-OH is 1. The second kappa shape index (κ2) is 7.08. The van der Waals surface area contributed by atoms with Crippen LogP contribution in [0.3, 0.4) is 0 Å². The summed E-state index contributed by atoms with van der Waals surface area (Å²) in [5.74, 6) is -0.258. The van der Waals surface area contributed by atoms with Crippen LogP contribution >= 0.6 is 0 Å². The summed E-state index contributed by atoms with van der Waals surface area (Å²) in [5, 5.41) is 17.7. The second-order valence-corrected chi connectivity index (χ2v) is 8.68. The molecule has 0 aliphatic carbocycles. The lowest BCUT2D eigenvalue weighted by Gasteiger charge is -2.34. The van der Waals surface area contributed by atoms with Crippen LogP contribution in [0, 0.1) is 5.82 Å². The number of aromatic nitrogens is 4. The lowest BCUT2D eigenvalue weighted by molar-refractivity contribution is 0.0950. The van der Waals surface area contributed by atoms with Crippen molar-refractivity contribution in [3.05, 3.63) is 42.5 Å². The molecule has 1 saturated heterocycles. The monoisotopic (exact) mass is 406 g/mol. The van der Waals surface area contributed by atoms with Crippen LogP contribution in [-0.2, 0) is 10.0 Å². The van der Waals surface area contributed by atoms with E-state index in [1.807, 2.05) is 0 Å². The molecule has 1 fully saturated rings. The molecular weight excluding hydrogens is 387 g/mol. The van der Waals surface area contributed by atoms with E-state index in [0.717, 1.165) is 6.26 Å². The summed E-state index contributed by atoms with van der Waals surface area (Å²) < 4.78 is 40.2. The van der Waals surface area contributed by atoms with Crippen LogP contribution in [0.4, 0.5) is 10.3 Å². The Hall–Kier alpha value is -2.63. The van der Waals surface area contributed by atoms with Gasteiger partial charge >= 0.3 is 0 Å². The topological polar surface area (TPSA) is 113 Å². The highest BCUT2D eigenvalue weighted by Gasteiger charge is 2.32. The van der Waals surface area contributed by atoms with Crippen molar-refractivity contribution in [2.24, 2.45) is 0 Å². The molecule has 3 aromatic heterocycles. The molecule has 148 valence electrons. The van der Waals surface area contributed by atoms with Crippen molar-refractivity contribution < 1.29 is 17.9 Å². The van der Waals surface area contributed by atoms with Crippen LogP contribution in [0.5, 0.6) is 0 Å². The van der Waals surface area contributed by atoms with E-state index >= 15 is 0 Å². The fraction of sp³-hybridized carbons (Fsp3) is 0.353. The standard InChI is InChI=1S/C17H19FN6O3S/c1-28(26,27)23-7-5-13(16(25)10-23)21-17-20-9-15-11(18)8-14(24(15)22-17)12-4-2-3-6-19-12/h2-4,6,8-9,13,16,25H,5,7,10H2,1H3,(H,21,22)/t13-,16-/m1/s1. The zero-order chi connectivity index (χ0) is 19.9. The van der Waals surface area contributed by atoms with Gasteiger partial charge in [0.2, 0.25) is 16.0 Å². The maximum absolute atomic E-state index is 14.2. The molecule has 0 amide bonds. The number of rotatable bonds is 4. The van der Waals surface area contributed by atoms with Gasteiger partial charge in [0.15, 0.2) is 5.82 Å². The molecule has 4 heterocycles. The van der Waals surface area contributed by atoms with Gasteiger partial charge in [0.1, 0.15) is 5.52 Å². The Kier molecular flexibility index (Phi) is 4.73. The van der Waals surface area contributed by atoms with Crippen LogP contribution in [0.25, 0.3) is 16.9 Å². The van der Waals surface area contributed by atoms with Crippen LogP contribution in [0.1, 0.15) is 6.42 Å². The van der Waals surface area contributed by atoms with Crippen LogP contribution < -0.4 is 5.32 Å². The van der Waals surface area contributed by atoms with Gasteiger partial charge in [0, 0.05) is 25.4 Å². The Morgan fingerprint density at radius 1 is 1.32 bits per heavy atom. The number of nitrogens with zero attached hydrogens (tertiary/aromatic N) is 5. The van der Waals surface area contributed by atoms with E-state index in [-0.39, 0.29) is 24.6 Å². The third kappa shape index (κ3) is 3.55. The fourth-order valence-electron chi connectivity index (χ4n) is 3.25. The zero-order valence-electron chi connectivity index (χ0n) is 15.0. The number of piperidine rings is 1. The molecule has 0 radical (unpaired) electrons. The third-order valence-corrected chi connectivity index (χ3v) is 5.99. The Morgan fingerprint density at radius 2 is 2.14 bits per heavy atom. The first kappa shape index (κ1) is 18.7. The third-order valence-electron chi connectivity index (χ3n) is 4.72. The number of nitrogens with one attached hydrogen (secondary N) is 1. The van der Waals surface area contributed by atoms with E-state index in [2.05, 4.69) is 20.4 Å². The predicted octanol–water partition coefficient (Wildman–Crippen LogP) is 0.737. The number of hydrogen-bond donors (Lipinski definition) is 2. The lowest BCUT2D eigenvalue weighted by Crippen LogP contribution is -2.51. The summed E-state index contributed by atoms with van der Waals surface area (Å²) in [6.45, 7) is 0.281. The Labute approximate surface area is 160 Å². The van der Waals surface area contributed by atoms with Gasteiger partial charge in [0.05, 0.1) is 36.0 Å². The summed E-state index contributed by atoms with van der Waals surface area (Å²) in [6.07, 6.45) is 3.56. The minimum absolute atomic E-state index is 0.00389. The van der Waals surface area contributed by atoms with Gasteiger partial charge in [-0.1, -0.05) is 6.07 Å². The van der Waals surface area contributed by atoms with Gasteiger partial charge in [-0.3, -0.25) is 4.98 Å². The summed E-state index contributed by atoms with van der Waals surface area (Å²) in [5.41, 5.74) is 1.25. The van der Waals surface area contributed by atoms with E-state index in [4.69, 9.17) is 0 Å². The maximum atomic E-state index is 14.2. The van der Waals surface area contributed by atoms with Gasteiger partial charge in [-0.2, -0.15) is 4.31 Å². The molecule has 0 aromatic carbocycles. The Bertz CT molecular complexity index is 1100. The summed E-state index contributed by atoms with van der Waals surface area (Å²) in [4.78, 5) is 8.36. The smallest absolute Gasteiger partial charge is 0.241 e. The molecule has 9 nitrogen and oxygen atoms in total. The molecule has 0 bridgehead atoms. The van der Waals surface area contributed by atoms with Gasteiger partial charge in [-0.15, -0.1) is 5.10 Å². The molecule has 0 unspecified atom stereocenters. The van der Waals surface area contributed by atoms with Crippen LogP contribution in [0.15, 0.2) is 36.7 Å². The minimum atomic E-state index is -3.36. The SMILES string of the molecule is CS(=O)(=O)N1CC[C@@H](Nc2ncc3c(F)cc(-c4ccccn4)n3n2)[C@H](O)C1. The Balaban J connectivity index is 1.60. The van der Waals surface area contributed by atoms with Crippen molar-refractivity contribution in [1.29, 1.82) is 0 Å². The highest BCUT2D eigenvalue weighted by atomic mass is 32.2.